The average Bonchev–Trinajstić information content (AvgIpc) is 2.38. The van der Waals surface area contributed by atoms with Crippen LogP contribution in [0.1, 0.15) is 0 Å². The van der Waals surface area contributed by atoms with E-state index in [1.54, 1.807) is 0 Å². The molecule has 0 aliphatic carbocycles. The summed E-state index contributed by atoms with van der Waals surface area (Å²) in [6.07, 6.45) is -2.58. The fraction of sp³-hybridized carbons (Fsp3) is 0.455. The molecule has 0 atom stereocenters. The summed E-state index contributed by atoms with van der Waals surface area (Å²) < 4.78 is 59.1. The third kappa shape index (κ3) is 4.91. The maximum absolute atomic E-state index is 11.9. The number of anilines is 1. The summed E-state index contributed by atoms with van der Waals surface area (Å²) in [4.78, 5) is -0.0302. The summed E-state index contributed by atoms with van der Waals surface area (Å²) in [6, 6.07) is 4.00. The van der Waals surface area contributed by atoms with E-state index in [0.29, 0.717) is 5.69 Å². The van der Waals surface area contributed by atoms with Crippen molar-refractivity contribution in [3.05, 3.63) is 18.2 Å². The van der Waals surface area contributed by atoms with Gasteiger partial charge < -0.3 is 15.2 Å². The topological polar surface area (TPSA) is 90.7 Å². The Kier molecular flexibility index (Phi) is 6.11. The van der Waals surface area contributed by atoms with E-state index in [2.05, 4.69) is 9.46 Å². The van der Waals surface area contributed by atoms with Gasteiger partial charge in [0.05, 0.1) is 24.3 Å². The van der Waals surface area contributed by atoms with Gasteiger partial charge in [0.2, 0.25) is 10.0 Å². The van der Waals surface area contributed by atoms with Crippen LogP contribution in [0, 0.1) is 0 Å². The molecule has 0 bridgehead atoms. The van der Waals surface area contributed by atoms with Crippen LogP contribution in [0.15, 0.2) is 23.1 Å². The van der Waals surface area contributed by atoms with Crippen LogP contribution in [0.2, 0.25) is 0 Å². The van der Waals surface area contributed by atoms with Gasteiger partial charge >= 0.3 is 0 Å². The molecule has 1 aromatic rings. The molecule has 114 valence electrons. The number of halogens is 2. The lowest BCUT2D eigenvalue weighted by atomic mass is 10.3. The fourth-order valence-corrected chi connectivity index (χ4v) is 2.39. The standard InChI is InChI=1S/C11H16F2N2O4S/c1-18-10-6-8(2-3-9(10)14)20(16,17)15-4-5-19-7-11(12)13/h2-3,6,11,15H,4-5,7,14H2,1H3. The van der Waals surface area contributed by atoms with Crippen LogP contribution >= 0.6 is 0 Å². The van der Waals surface area contributed by atoms with Crippen LogP contribution in [0.3, 0.4) is 0 Å². The van der Waals surface area contributed by atoms with E-state index in [1.165, 1.54) is 25.3 Å². The molecule has 0 spiro atoms. The van der Waals surface area contributed by atoms with Gasteiger partial charge in [0.25, 0.3) is 6.43 Å². The molecule has 1 aromatic carbocycles. The number of methoxy groups -OCH3 is 1. The minimum absolute atomic E-state index is 0.0302. The van der Waals surface area contributed by atoms with E-state index in [4.69, 9.17) is 10.5 Å². The van der Waals surface area contributed by atoms with Gasteiger partial charge in [-0.25, -0.2) is 21.9 Å². The number of nitrogens with two attached hydrogens (primary N) is 1. The van der Waals surface area contributed by atoms with Crippen molar-refractivity contribution in [3.8, 4) is 5.75 Å². The minimum atomic E-state index is -3.76. The second kappa shape index (κ2) is 7.36. The molecule has 0 amide bonds. The number of ether oxygens (including phenoxy) is 2. The number of rotatable bonds is 8. The highest BCUT2D eigenvalue weighted by Crippen LogP contribution is 2.24. The van der Waals surface area contributed by atoms with Crippen LogP contribution < -0.4 is 15.2 Å². The Labute approximate surface area is 115 Å². The second-order valence-corrected chi connectivity index (χ2v) is 5.53. The molecular weight excluding hydrogens is 294 g/mol. The van der Waals surface area contributed by atoms with E-state index in [-0.39, 0.29) is 23.8 Å². The third-order valence-electron chi connectivity index (χ3n) is 2.30. The van der Waals surface area contributed by atoms with Crippen molar-refractivity contribution in [2.75, 3.05) is 32.6 Å². The first-order valence-electron chi connectivity index (χ1n) is 5.66. The minimum Gasteiger partial charge on any atom is -0.495 e. The smallest absolute Gasteiger partial charge is 0.261 e. The van der Waals surface area contributed by atoms with Gasteiger partial charge in [-0.2, -0.15) is 0 Å². The molecule has 0 aliphatic rings. The Morgan fingerprint density at radius 3 is 2.70 bits per heavy atom. The summed E-state index contributed by atoms with van der Waals surface area (Å²) in [7, 11) is -2.39. The predicted octanol–water partition coefficient (Wildman–Crippen LogP) is 0.837. The maximum Gasteiger partial charge on any atom is 0.261 e. The first-order chi connectivity index (χ1) is 9.36. The van der Waals surface area contributed by atoms with Crippen molar-refractivity contribution in [1.29, 1.82) is 0 Å². The Balaban J connectivity index is 2.60. The molecule has 9 heteroatoms. The summed E-state index contributed by atoms with van der Waals surface area (Å²) in [6.45, 7) is -0.977. The van der Waals surface area contributed by atoms with Gasteiger partial charge in [0, 0.05) is 12.6 Å². The molecule has 6 nitrogen and oxygen atoms in total. The highest BCUT2D eigenvalue weighted by atomic mass is 32.2. The van der Waals surface area contributed by atoms with Crippen LogP contribution in [0.5, 0.6) is 5.75 Å². The maximum atomic E-state index is 11.9. The summed E-state index contributed by atoms with van der Waals surface area (Å²) in [5, 5.41) is 0. The lowest BCUT2D eigenvalue weighted by Crippen LogP contribution is -2.28. The van der Waals surface area contributed by atoms with Crippen molar-refractivity contribution in [2.24, 2.45) is 0 Å². The van der Waals surface area contributed by atoms with Gasteiger partial charge in [-0.3, -0.25) is 0 Å². The van der Waals surface area contributed by atoms with E-state index >= 15 is 0 Å². The van der Waals surface area contributed by atoms with E-state index in [9.17, 15) is 17.2 Å². The third-order valence-corrected chi connectivity index (χ3v) is 3.76. The number of hydrogen-bond donors (Lipinski definition) is 2. The summed E-state index contributed by atoms with van der Waals surface area (Å²) >= 11 is 0. The molecule has 0 heterocycles. The molecule has 0 saturated heterocycles. The lowest BCUT2D eigenvalue weighted by molar-refractivity contribution is 0.0199. The number of sulfonamides is 1. The normalized spacial score (nSPS) is 11.8. The highest BCUT2D eigenvalue weighted by Gasteiger charge is 2.15. The lowest BCUT2D eigenvalue weighted by Gasteiger charge is -2.10. The predicted molar refractivity (Wildman–Crippen MR) is 69.4 cm³/mol. The van der Waals surface area contributed by atoms with Crippen molar-refractivity contribution in [2.45, 2.75) is 11.3 Å². The quantitative estimate of drug-likeness (QED) is 0.548. The molecule has 20 heavy (non-hydrogen) atoms. The largest absolute Gasteiger partial charge is 0.495 e. The van der Waals surface area contributed by atoms with Gasteiger partial charge in [-0.1, -0.05) is 0 Å². The zero-order chi connectivity index (χ0) is 15.2. The second-order valence-electron chi connectivity index (χ2n) is 3.77. The first kappa shape index (κ1) is 16.6. The van der Waals surface area contributed by atoms with Gasteiger partial charge in [-0.15, -0.1) is 0 Å². The molecule has 0 unspecified atom stereocenters. The number of hydrogen-bond acceptors (Lipinski definition) is 5. The van der Waals surface area contributed by atoms with Crippen molar-refractivity contribution in [3.63, 3.8) is 0 Å². The van der Waals surface area contributed by atoms with Crippen molar-refractivity contribution >= 4 is 15.7 Å². The highest BCUT2D eigenvalue weighted by molar-refractivity contribution is 7.89. The van der Waals surface area contributed by atoms with Crippen molar-refractivity contribution < 1.29 is 26.7 Å². The number of benzene rings is 1. The molecule has 0 saturated carbocycles. The van der Waals surface area contributed by atoms with Crippen LogP contribution in [0.4, 0.5) is 14.5 Å². The zero-order valence-corrected chi connectivity index (χ0v) is 11.6. The van der Waals surface area contributed by atoms with Crippen molar-refractivity contribution in [1.82, 2.24) is 4.72 Å². The Bertz CT molecular complexity index is 537. The number of nitrogens with one attached hydrogen (secondary N) is 1. The van der Waals surface area contributed by atoms with Crippen LogP contribution in [-0.4, -0.2) is 41.7 Å². The molecular formula is C11H16F2N2O4S. The molecule has 3 N–H and O–H groups in total. The number of alkyl halides is 2. The molecule has 0 fully saturated rings. The van der Waals surface area contributed by atoms with E-state index in [1.807, 2.05) is 0 Å². The molecule has 0 radical (unpaired) electrons. The monoisotopic (exact) mass is 310 g/mol. The molecule has 0 aliphatic heterocycles. The molecule has 1 rings (SSSR count). The first-order valence-corrected chi connectivity index (χ1v) is 7.14. The number of nitrogen functional groups attached to an aromatic ring is 1. The van der Waals surface area contributed by atoms with E-state index < -0.39 is 23.1 Å². The Morgan fingerprint density at radius 1 is 1.40 bits per heavy atom. The van der Waals surface area contributed by atoms with Gasteiger partial charge in [-0.05, 0) is 12.1 Å². The van der Waals surface area contributed by atoms with Crippen LogP contribution in [-0.2, 0) is 14.8 Å². The molecule has 0 aromatic heterocycles. The van der Waals surface area contributed by atoms with E-state index in [0.717, 1.165) is 0 Å². The van der Waals surface area contributed by atoms with Gasteiger partial charge in [0.1, 0.15) is 12.4 Å². The van der Waals surface area contributed by atoms with Gasteiger partial charge in [0.15, 0.2) is 0 Å². The fourth-order valence-electron chi connectivity index (χ4n) is 1.36. The Hall–Kier alpha value is -1.45. The van der Waals surface area contributed by atoms with Crippen LogP contribution in [0.25, 0.3) is 0 Å². The Morgan fingerprint density at radius 2 is 2.10 bits per heavy atom. The zero-order valence-electron chi connectivity index (χ0n) is 10.8. The SMILES string of the molecule is COc1cc(S(=O)(=O)NCCOCC(F)F)ccc1N. The summed E-state index contributed by atoms with van der Waals surface area (Å²) in [5.74, 6) is 0.238. The summed E-state index contributed by atoms with van der Waals surface area (Å²) in [5.41, 5.74) is 5.89. The average molecular weight is 310 g/mol.